The van der Waals surface area contributed by atoms with E-state index in [1.54, 1.807) is 0 Å². The number of thioether (sulfide) groups is 1. The number of amides is 1. The molecule has 1 unspecified atom stereocenters. The van der Waals surface area contributed by atoms with Crippen molar-refractivity contribution in [1.82, 2.24) is 10.2 Å². The Labute approximate surface area is 89.6 Å². The minimum Gasteiger partial charge on any atom is -0.341 e. The molecule has 0 spiro atoms. The molecule has 0 aromatic heterocycles. The molecule has 1 N–H and O–H groups in total. The average Bonchev–Trinajstić information content (AvgIpc) is 2.67. The predicted octanol–water partition coefficient (Wildman–Crippen LogP) is 0.561. The van der Waals surface area contributed by atoms with Gasteiger partial charge < -0.3 is 10.2 Å². The summed E-state index contributed by atoms with van der Waals surface area (Å²) in [6.07, 6.45) is 0.996. The Balaban J connectivity index is 1.98. The summed E-state index contributed by atoms with van der Waals surface area (Å²) in [5, 5.41) is 3.28. The van der Waals surface area contributed by atoms with Crippen LogP contribution in [0.1, 0.15) is 13.3 Å². The van der Waals surface area contributed by atoms with Gasteiger partial charge in [0.1, 0.15) is 0 Å². The SMILES string of the molecule is CC1(C(=O)N2CCSCC2)CCNC1. The molecule has 1 amide bonds. The van der Waals surface area contributed by atoms with Gasteiger partial charge in [-0.15, -0.1) is 0 Å². The molecule has 4 heteroatoms. The van der Waals surface area contributed by atoms with Crippen LogP contribution in [0.2, 0.25) is 0 Å². The lowest BCUT2D eigenvalue weighted by Gasteiger charge is -2.33. The lowest BCUT2D eigenvalue weighted by atomic mass is 9.88. The van der Waals surface area contributed by atoms with Gasteiger partial charge in [-0.3, -0.25) is 4.79 Å². The van der Waals surface area contributed by atoms with Crippen LogP contribution in [0.15, 0.2) is 0 Å². The van der Waals surface area contributed by atoms with Crippen molar-refractivity contribution >= 4 is 17.7 Å². The van der Waals surface area contributed by atoms with Crippen LogP contribution in [0.5, 0.6) is 0 Å². The summed E-state index contributed by atoms with van der Waals surface area (Å²) < 4.78 is 0. The van der Waals surface area contributed by atoms with E-state index in [2.05, 4.69) is 12.2 Å². The van der Waals surface area contributed by atoms with Crippen LogP contribution in [0.4, 0.5) is 0 Å². The van der Waals surface area contributed by atoms with Gasteiger partial charge in [0.05, 0.1) is 5.41 Å². The van der Waals surface area contributed by atoms with E-state index >= 15 is 0 Å². The molecular weight excluding hydrogens is 196 g/mol. The minimum atomic E-state index is -0.123. The topological polar surface area (TPSA) is 32.3 Å². The van der Waals surface area contributed by atoms with Crippen LogP contribution in [0.3, 0.4) is 0 Å². The number of rotatable bonds is 1. The summed E-state index contributed by atoms with van der Waals surface area (Å²) >= 11 is 1.95. The molecule has 3 nitrogen and oxygen atoms in total. The molecule has 0 aromatic rings. The van der Waals surface area contributed by atoms with Crippen molar-refractivity contribution in [2.45, 2.75) is 13.3 Å². The molecule has 14 heavy (non-hydrogen) atoms. The molecular formula is C10H18N2OS. The van der Waals surface area contributed by atoms with Gasteiger partial charge in [-0.05, 0) is 19.9 Å². The van der Waals surface area contributed by atoms with E-state index in [0.717, 1.165) is 44.1 Å². The second kappa shape index (κ2) is 4.11. The van der Waals surface area contributed by atoms with Crippen LogP contribution >= 0.6 is 11.8 Å². The highest BCUT2D eigenvalue weighted by Gasteiger charge is 2.39. The van der Waals surface area contributed by atoms with Crippen molar-refractivity contribution in [3.63, 3.8) is 0 Å². The fourth-order valence-electron chi connectivity index (χ4n) is 2.15. The molecule has 2 aliphatic rings. The highest BCUT2D eigenvalue weighted by molar-refractivity contribution is 7.99. The van der Waals surface area contributed by atoms with Crippen LogP contribution in [0, 0.1) is 5.41 Å². The molecule has 0 radical (unpaired) electrons. The highest BCUT2D eigenvalue weighted by Crippen LogP contribution is 2.28. The third kappa shape index (κ3) is 1.91. The second-order valence-electron chi connectivity index (χ2n) is 4.39. The average molecular weight is 214 g/mol. The zero-order chi connectivity index (χ0) is 10.0. The Morgan fingerprint density at radius 3 is 2.71 bits per heavy atom. The number of hydrogen-bond donors (Lipinski definition) is 1. The first-order chi connectivity index (χ1) is 6.72. The maximum atomic E-state index is 12.2. The van der Waals surface area contributed by atoms with Crippen molar-refractivity contribution in [2.24, 2.45) is 5.41 Å². The zero-order valence-electron chi connectivity index (χ0n) is 8.71. The lowest BCUT2D eigenvalue weighted by molar-refractivity contribution is -0.139. The summed E-state index contributed by atoms with van der Waals surface area (Å²) in [4.78, 5) is 14.2. The summed E-state index contributed by atoms with van der Waals surface area (Å²) in [7, 11) is 0. The van der Waals surface area contributed by atoms with E-state index in [1.807, 2.05) is 16.7 Å². The van der Waals surface area contributed by atoms with Crippen LogP contribution in [-0.2, 0) is 4.79 Å². The molecule has 2 fully saturated rings. The van der Waals surface area contributed by atoms with Crippen molar-refractivity contribution in [1.29, 1.82) is 0 Å². The van der Waals surface area contributed by atoms with Crippen molar-refractivity contribution in [2.75, 3.05) is 37.7 Å². The second-order valence-corrected chi connectivity index (χ2v) is 5.62. The molecule has 80 valence electrons. The van der Waals surface area contributed by atoms with Crippen molar-refractivity contribution in [3.8, 4) is 0 Å². The van der Waals surface area contributed by atoms with Gasteiger partial charge in [-0.25, -0.2) is 0 Å². The summed E-state index contributed by atoms with van der Waals surface area (Å²) in [5.74, 6) is 2.58. The van der Waals surface area contributed by atoms with Gasteiger partial charge in [-0.1, -0.05) is 0 Å². The summed E-state index contributed by atoms with van der Waals surface area (Å²) in [6.45, 7) is 5.83. The number of nitrogens with one attached hydrogen (secondary N) is 1. The fourth-order valence-corrected chi connectivity index (χ4v) is 3.05. The van der Waals surface area contributed by atoms with Crippen LogP contribution in [0.25, 0.3) is 0 Å². The molecule has 2 aliphatic heterocycles. The lowest BCUT2D eigenvalue weighted by Crippen LogP contribution is -2.47. The van der Waals surface area contributed by atoms with Gasteiger partial charge in [0.25, 0.3) is 0 Å². The number of nitrogens with zero attached hydrogens (tertiary/aromatic N) is 1. The van der Waals surface area contributed by atoms with Crippen molar-refractivity contribution in [3.05, 3.63) is 0 Å². The summed E-state index contributed by atoms with van der Waals surface area (Å²) in [6, 6.07) is 0. The molecule has 0 aliphatic carbocycles. The van der Waals surface area contributed by atoms with E-state index in [-0.39, 0.29) is 5.41 Å². The number of carbonyl (C=O) groups is 1. The minimum absolute atomic E-state index is 0.123. The van der Waals surface area contributed by atoms with Gasteiger partial charge in [0.15, 0.2) is 0 Å². The Morgan fingerprint density at radius 2 is 2.14 bits per heavy atom. The maximum absolute atomic E-state index is 12.2. The Bertz CT molecular complexity index is 220. The third-order valence-corrected chi connectivity index (χ3v) is 4.13. The van der Waals surface area contributed by atoms with Crippen LogP contribution in [-0.4, -0.2) is 48.5 Å². The van der Waals surface area contributed by atoms with Gasteiger partial charge in [0, 0.05) is 31.1 Å². The predicted molar refractivity (Wildman–Crippen MR) is 59.5 cm³/mol. The standard InChI is InChI=1S/C10H18N2OS/c1-10(2-3-11-8-10)9(13)12-4-6-14-7-5-12/h11H,2-8H2,1H3. The Morgan fingerprint density at radius 1 is 1.43 bits per heavy atom. The third-order valence-electron chi connectivity index (χ3n) is 3.18. The number of carbonyl (C=O) groups excluding carboxylic acids is 1. The van der Waals surface area contributed by atoms with Crippen molar-refractivity contribution < 1.29 is 4.79 Å². The van der Waals surface area contributed by atoms with E-state index in [9.17, 15) is 4.79 Å². The molecule has 2 saturated heterocycles. The molecule has 0 bridgehead atoms. The first kappa shape index (κ1) is 10.3. The molecule has 0 aromatic carbocycles. The normalized spacial score (nSPS) is 33.4. The largest absolute Gasteiger partial charge is 0.341 e. The van der Waals surface area contributed by atoms with Gasteiger partial charge >= 0.3 is 0 Å². The van der Waals surface area contributed by atoms with E-state index < -0.39 is 0 Å². The Kier molecular flexibility index (Phi) is 3.02. The maximum Gasteiger partial charge on any atom is 0.229 e. The molecule has 2 heterocycles. The monoisotopic (exact) mass is 214 g/mol. The summed E-state index contributed by atoms with van der Waals surface area (Å²) in [5.41, 5.74) is -0.123. The van der Waals surface area contributed by atoms with Gasteiger partial charge in [0.2, 0.25) is 5.91 Å². The van der Waals surface area contributed by atoms with E-state index in [0.29, 0.717) is 5.91 Å². The quantitative estimate of drug-likeness (QED) is 0.692. The number of hydrogen-bond acceptors (Lipinski definition) is 3. The first-order valence-corrected chi connectivity index (χ1v) is 6.46. The highest BCUT2D eigenvalue weighted by atomic mass is 32.2. The molecule has 0 saturated carbocycles. The van der Waals surface area contributed by atoms with E-state index in [4.69, 9.17) is 0 Å². The Hall–Kier alpha value is -0.220. The van der Waals surface area contributed by atoms with E-state index in [1.165, 1.54) is 0 Å². The smallest absolute Gasteiger partial charge is 0.229 e. The first-order valence-electron chi connectivity index (χ1n) is 5.30. The zero-order valence-corrected chi connectivity index (χ0v) is 9.53. The molecule has 1 atom stereocenters. The fraction of sp³-hybridized carbons (Fsp3) is 0.900. The van der Waals surface area contributed by atoms with Gasteiger partial charge in [-0.2, -0.15) is 11.8 Å². The van der Waals surface area contributed by atoms with Crippen LogP contribution < -0.4 is 5.32 Å². The molecule has 2 rings (SSSR count).